The fraction of sp³-hybridized carbons (Fsp3) is 0.235. The van der Waals surface area contributed by atoms with Crippen LogP contribution in [-0.4, -0.2) is 5.78 Å². The van der Waals surface area contributed by atoms with Crippen molar-refractivity contribution in [2.45, 2.75) is 27.7 Å². The maximum Gasteiger partial charge on any atom is 0.196 e. The van der Waals surface area contributed by atoms with Gasteiger partial charge in [-0.15, -0.1) is 0 Å². The number of rotatable bonds is 2. The summed E-state index contributed by atoms with van der Waals surface area (Å²) < 4.78 is 26.7. The largest absolute Gasteiger partial charge is 0.288 e. The zero-order valence-electron chi connectivity index (χ0n) is 12.0. The Labute approximate surface area is 117 Å². The van der Waals surface area contributed by atoms with Gasteiger partial charge in [-0.25, -0.2) is 8.78 Å². The Morgan fingerprint density at radius 2 is 1.45 bits per heavy atom. The zero-order chi connectivity index (χ0) is 15.0. The van der Waals surface area contributed by atoms with Crippen LogP contribution >= 0.6 is 0 Å². The Kier molecular flexibility index (Phi) is 3.71. The first-order chi connectivity index (χ1) is 9.32. The van der Waals surface area contributed by atoms with Gasteiger partial charge in [-0.3, -0.25) is 4.79 Å². The molecule has 0 spiro atoms. The monoisotopic (exact) mass is 274 g/mol. The topological polar surface area (TPSA) is 17.1 Å². The Bertz CT molecular complexity index is 676. The fourth-order valence-electron chi connectivity index (χ4n) is 2.37. The predicted molar refractivity (Wildman–Crippen MR) is 75.2 cm³/mol. The van der Waals surface area contributed by atoms with E-state index in [1.165, 1.54) is 6.07 Å². The van der Waals surface area contributed by atoms with E-state index in [4.69, 9.17) is 0 Å². The smallest absolute Gasteiger partial charge is 0.196 e. The predicted octanol–water partition coefficient (Wildman–Crippen LogP) is 4.43. The highest BCUT2D eigenvalue weighted by molar-refractivity contribution is 6.11. The summed E-state index contributed by atoms with van der Waals surface area (Å²) in [5.41, 5.74) is 4.05. The molecule has 20 heavy (non-hydrogen) atoms. The van der Waals surface area contributed by atoms with Crippen molar-refractivity contribution in [1.29, 1.82) is 0 Å². The van der Waals surface area contributed by atoms with Crippen LogP contribution in [0.4, 0.5) is 8.78 Å². The maximum atomic E-state index is 13.8. The third-order valence-electron chi connectivity index (χ3n) is 3.77. The summed E-state index contributed by atoms with van der Waals surface area (Å²) in [6, 6.07) is 5.04. The van der Waals surface area contributed by atoms with Crippen LogP contribution in [0, 0.1) is 39.3 Å². The van der Waals surface area contributed by atoms with E-state index in [2.05, 4.69) is 0 Å². The number of hydrogen-bond donors (Lipinski definition) is 0. The second kappa shape index (κ2) is 5.16. The van der Waals surface area contributed by atoms with E-state index in [-0.39, 0.29) is 5.56 Å². The van der Waals surface area contributed by atoms with E-state index >= 15 is 0 Å². The molecule has 0 saturated carbocycles. The molecule has 2 aromatic rings. The summed E-state index contributed by atoms with van der Waals surface area (Å²) in [6.45, 7) is 7.52. The highest BCUT2D eigenvalue weighted by atomic mass is 19.1. The van der Waals surface area contributed by atoms with Crippen LogP contribution in [0.3, 0.4) is 0 Å². The van der Waals surface area contributed by atoms with Gasteiger partial charge in [0.15, 0.2) is 5.78 Å². The quantitative estimate of drug-likeness (QED) is 0.740. The average Bonchev–Trinajstić information content (AvgIpc) is 2.36. The molecule has 0 aliphatic carbocycles. The van der Waals surface area contributed by atoms with Crippen molar-refractivity contribution in [3.63, 3.8) is 0 Å². The summed E-state index contributed by atoms with van der Waals surface area (Å²) in [7, 11) is 0. The molecular formula is C17H16F2O. The van der Waals surface area contributed by atoms with Crippen LogP contribution in [-0.2, 0) is 0 Å². The van der Waals surface area contributed by atoms with Crippen molar-refractivity contribution in [3.05, 3.63) is 69.3 Å². The van der Waals surface area contributed by atoms with Gasteiger partial charge in [-0.05, 0) is 62.1 Å². The van der Waals surface area contributed by atoms with Crippen molar-refractivity contribution < 1.29 is 13.6 Å². The van der Waals surface area contributed by atoms with E-state index in [0.29, 0.717) is 5.56 Å². The fourth-order valence-corrected chi connectivity index (χ4v) is 2.37. The molecule has 3 heteroatoms. The van der Waals surface area contributed by atoms with Crippen LogP contribution in [0.2, 0.25) is 0 Å². The summed E-state index contributed by atoms with van der Waals surface area (Å²) >= 11 is 0. The van der Waals surface area contributed by atoms with Crippen molar-refractivity contribution >= 4 is 5.78 Å². The molecule has 0 aromatic heterocycles. The van der Waals surface area contributed by atoms with Crippen LogP contribution in [0.1, 0.15) is 38.2 Å². The molecule has 0 atom stereocenters. The molecule has 2 aromatic carbocycles. The number of carbonyl (C=O) groups is 1. The van der Waals surface area contributed by atoms with Crippen molar-refractivity contribution in [3.8, 4) is 0 Å². The SMILES string of the molecule is Cc1cc(C)c(C)c(C(=O)c2ccc(F)cc2F)c1C. The highest BCUT2D eigenvalue weighted by Gasteiger charge is 2.20. The van der Waals surface area contributed by atoms with Gasteiger partial charge in [-0.1, -0.05) is 6.07 Å². The van der Waals surface area contributed by atoms with E-state index in [9.17, 15) is 13.6 Å². The first-order valence-corrected chi connectivity index (χ1v) is 6.40. The number of aryl methyl sites for hydroxylation is 2. The zero-order valence-corrected chi connectivity index (χ0v) is 12.0. The molecule has 0 heterocycles. The minimum Gasteiger partial charge on any atom is -0.288 e. The van der Waals surface area contributed by atoms with E-state index < -0.39 is 17.4 Å². The van der Waals surface area contributed by atoms with Gasteiger partial charge in [0.25, 0.3) is 0 Å². The normalized spacial score (nSPS) is 10.7. The van der Waals surface area contributed by atoms with Crippen LogP contribution in [0.5, 0.6) is 0 Å². The Morgan fingerprint density at radius 3 is 1.95 bits per heavy atom. The molecule has 0 amide bonds. The first kappa shape index (κ1) is 14.4. The molecule has 0 saturated heterocycles. The second-order valence-electron chi connectivity index (χ2n) is 5.09. The minimum absolute atomic E-state index is 0.0948. The van der Waals surface area contributed by atoms with Crippen LogP contribution < -0.4 is 0 Å². The van der Waals surface area contributed by atoms with E-state index in [1.54, 1.807) is 0 Å². The molecule has 0 unspecified atom stereocenters. The van der Waals surface area contributed by atoms with Crippen molar-refractivity contribution in [2.75, 3.05) is 0 Å². The number of carbonyl (C=O) groups excluding carboxylic acids is 1. The summed E-state index contributed by atoms with van der Waals surface area (Å²) in [5, 5.41) is 0. The average molecular weight is 274 g/mol. The second-order valence-corrected chi connectivity index (χ2v) is 5.09. The molecule has 104 valence electrons. The maximum absolute atomic E-state index is 13.8. The van der Waals surface area contributed by atoms with Gasteiger partial charge in [0, 0.05) is 11.6 Å². The Morgan fingerprint density at radius 1 is 0.900 bits per heavy atom. The lowest BCUT2D eigenvalue weighted by molar-refractivity contribution is 0.103. The van der Waals surface area contributed by atoms with Gasteiger partial charge in [0.05, 0.1) is 5.56 Å². The summed E-state index contributed by atoms with van der Waals surface area (Å²) in [4.78, 5) is 12.6. The van der Waals surface area contributed by atoms with Crippen LogP contribution in [0.15, 0.2) is 24.3 Å². The molecular weight excluding hydrogens is 258 g/mol. The molecule has 2 rings (SSSR count). The molecule has 0 radical (unpaired) electrons. The van der Waals surface area contributed by atoms with Gasteiger partial charge < -0.3 is 0 Å². The van der Waals surface area contributed by atoms with Gasteiger partial charge in [0.2, 0.25) is 0 Å². The lowest BCUT2D eigenvalue weighted by Gasteiger charge is -2.14. The summed E-state index contributed by atoms with van der Waals surface area (Å²) in [6.07, 6.45) is 0. The first-order valence-electron chi connectivity index (χ1n) is 6.40. The van der Waals surface area contributed by atoms with Crippen LogP contribution in [0.25, 0.3) is 0 Å². The number of ketones is 1. The summed E-state index contributed by atoms with van der Waals surface area (Å²) in [5.74, 6) is -1.91. The van der Waals surface area contributed by atoms with Gasteiger partial charge in [0.1, 0.15) is 11.6 Å². The number of hydrogen-bond acceptors (Lipinski definition) is 1. The molecule has 0 bridgehead atoms. The minimum atomic E-state index is -0.826. The highest BCUT2D eigenvalue weighted by Crippen LogP contribution is 2.25. The van der Waals surface area contributed by atoms with Crippen molar-refractivity contribution in [1.82, 2.24) is 0 Å². The lowest BCUT2D eigenvalue weighted by atomic mass is 9.89. The number of benzene rings is 2. The van der Waals surface area contributed by atoms with Crippen molar-refractivity contribution in [2.24, 2.45) is 0 Å². The lowest BCUT2D eigenvalue weighted by Crippen LogP contribution is -2.11. The number of halogens is 2. The van der Waals surface area contributed by atoms with E-state index in [0.717, 1.165) is 34.4 Å². The Hall–Kier alpha value is -2.03. The molecule has 0 aliphatic rings. The Balaban J connectivity index is 2.65. The third-order valence-corrected chi connectivity index (χ3v) is 3.77. The molecule has 0 aliphatic heterocycles. The molecule has 0 fully saturated rings. The molecule has 1 nitrogen and oxygen atoms in total. The molecule has 0 N–H and O–H groups in total. The standard InChI is InChI=1S/C17H16F2O/c1-9-7-10(2)12(4)16(11(9)3)17(20)14-6-5-13(18)8-15(14)19/h5-8H,1-4H3. The van der Waals surface area contributed by atoms with E-state index in [1.807, 2.05) is 33.8 Å². The van der Waals surface area contributed by atoms with Gasteiger partial charge in [-0.2, -0.15) is 0 Å². The van der Waals surface area contributed by atoms with Gasteiger partial charge >= 0.3 is 0 Å². The third kappa shape index (κ3) is 2.36.